The molecule has 3 nitrogen and oxygen atoms in total. The lowest BCUT2D eigenvalue weighted by atomic mass is 10.0. The molecule has 25 heavy (non-hydrogen) atoms. The first-order valence-electron chi connectivity index (χ1n) is 7.78. The second kappa shape index (κ2) is 6.59. The maximum Gasteiger partial charge on any atom is 0.429 e. The number of rotatable bonds is 3. The molecule has 0 saturated carbocycles. The van der Waals surface area contributed by atoms with Crippen LogP contribution >= 0.6 is 0 Å². The normalized spacial score (nSPS) is 20.4. The maximum absolute atomic E-state index is 14.4. The van der Waals surface area contributed by atoms with Crippen molar-refractivity contribution in [2.24, 2.45) is 4.99 Å². The van der Waals surface area contributed by atoms with Gasteiger partial charge in [0.05, 0.1) is 0 Å². The van der Waals surface area contributed by atoms with Crippen LogP contribution in [0.3, 0.4) is 0 Å². The minimum Gasteiger partial charge on any atom is -0.315 e. The molecule has 2 aliphatic rings. The molecule has 3 rings (SSSR count). The van der Waals surface area contributed by atoms with Crippen LogP contribution < -0.4 is 10.2 Å². The number of allylic oxidation sites excluding steroid dienone is 2. The van der Waals surface area contributed by atoms with Crippen LogP contribution in [-0.4, -0.2) is 31.6 Å². The van der Waals surface area contributed by atoms with E-state index in [0.29, 0.717) is 13.1 Å². The Morgan fingerprint density at radius 1 is 1.24 bits per heavy atom. The quantitative estimate of drug-likeness (QED) is 0.828. The van der Waals surface area contributed by atoms with Crippen molar-refractivity contribution in [2.45, 2.75) is 25.7 Å². The molecule has 0 bridgehead atoms. The molecule has 2 aliphatic heterocycles. The van der Waals surface area contributed by atoms with Gasteiger partial charge in [0, 0.05) is 36.3 Å². The number of aliphatic imine (C=N–C) groups is 1. The van der Waals surface area contributed by atoms with Gasteiger partial charge in [-0.2, -0.15) is 13.2 Å². The highest BCUT2D eigenvalue weighted by Crippen LogP contribution is 2.36. The van der Waals surface area contributed by atoms with Crippen molar-refractivity contribution in [2.75, 3.05) is 18.0 Å². The first-order chi connectivity index (χ1) is 11.8. The number of alkyl halides is 3. The number of benzene rings is 1. The van der Waals surface area contributed by atoms with Crippen molar-refractivity contribution in [3.8, 4) is 0 Å². The van der Waals surface area contributed by atoms with Crippen molar-refractivity contribution in [3.05, 3.63) is 46.7 Å². The zero-order valence-corrected chi connectivity index (χ0v) is 13.4. The van der Waals surface area contributed by atoms with Crippen LogP contribution in [0.2, 0.25) is 0 Å². The van der Waals surface area contributed by atoms with Crippen LogP contribution in [-0.2, 0) is 0 Å². The average molecular weight is 357 g/mol. The molecule has 1 aromatic rings. The minimum atomic E-state index is -4.67. The van der Waals surface area contributed by atoms with Gasteiger partial charge in [-0.15, -0.1) is 0 Å². The highest BCUT2D eigenvalue weighted by molar-refractivity contribution is 5.77. The van der Waals surface area contributed by atoms with E-state index in [1.54, 1.807) is 6.92 Å². The lowest BCUT2D eigenvalue weighted by Crippen LogP contribution is -2.45. The van der Waals surface area contributed by atoms with E-state index in [1.165, 1.54) is 12.2 Å². The summed E-state index contributed by atoms with van der Waals surface area (Å²) in [4.78, 5) is 4.27. The molecular weight excluding hydrogens is 341 g/mol. The number of anilines is 1. The molecule has 2 heterocycles. The molecule has 1 unspecified atom stereocenters. The van der Waals surface area contributed by atoms with Gasteiger partial charge in [-0.1, -0.05) is 6.92 Å². The van der Waals surface area contributed by atoms with Crippen LogP contribution in [0.1, 0.15) is 18.9 Å². The Morgan fingerprint density at radius 2 is 1.88 bits per heavy atom. The molecule has 134 valence electrons. The first-order valence-corrected chi connectivity index (χ1v) is 7.78. The topological polar surface area (TPSA) is 27.6 Å². The fourth-order valence-corrected chi connectivity index (χ4v) is 2.76. The zero-order chi connectivity index (χ0) is 18.2. The molecule has 1 atom stereocenters. The lowest BCUT2D eigenvalue weighted by molar-refractivity contribution is -0.145. The van der Waals surface area contributed by atoms with Crippen LogP contribution in [0.4, 0.5) is 27.6 Å². The van der Waals surface area contributed by atoms with Gasteiger partial charge in [0.2, 0.25) is 6.17 Å². The largest absolute Gasteiger partial charge is 0.429 e. The molecule has 8 heteroatoms. The van der Waals surface area contributed by atoms with Gasteiger partial charge in [-0.05, 0) is 36.3 Å². The summed E-state index contributed by atoms with van der Waals surface area (Å²) in [6, 6.07) is 1.84. The van der Waals surface area contributed by atoms with Crippen molar-refractivity contribution < 1.29 is 22.0 Å². The van der Waals surface area contributed by atoms with E-state index in [2.05, 4.69) is 10.3 Å². The summed E-state index contributed by atoms with van der Waals surface area (Å²) in [5.41, 5.74) is 0.656. The van der Waals surface area contributed by atoms with Crippen LogP contribution in [0, 0.1) is 11.6 Å². The Labute approximate surface area is 141 Å². The summed E-state index contributed by atoms with van der Waals surface area (Å²) in [5, 5.41) is 2.95. The van der Waals surface area contributed by atoms with E-state index in [1.807, 2.05) is 0 Å². The van der Waals surface area contributed by atoms with Gasteiger partial charge in [0.15, 0.2) is 0 Å². The summed E-state index contributed by atoms with van der Waals surface area (Å²) in [6.07, 6.45) is -2.74. The molecule has 1 saturated heterocycles. The summed E-state index contributed by atoms with van der Waals surface area (Å²) >= 11 is 0. The van der Waals surface area contributed by atoms with Gasteiger partial charge in [-0.3, -0.25) is 4.99 Å². The second-order valence-corrected chi connectivity index (χ2v) is 5.82. The number of nitrogens with zero attached hydrogens (tertiary/aromatic N) is 2. The molecule has 1 N–H and O–H groups in total. The van der Waals surface area contributed by atoms with E-state index in [4.69, 9.17) is 0 Å². The molecule has 0 aliphatic carbocycles. The first kappa shape index (κ1) is 17.6. The smallest absolute Gasteiger partial charge is 0.315 e. The summed E-state index contributed by atoms with van der Waals surface area (Å²) in [7, 11) is 0. The molecule has 1 aromatic carbocycles. The molecule has 0 radical (unpaired) electrons. The molecule has 0 amide bonds. The van der Waals surface area contributed by atoms with E-state index >= 15 is 0 Å². The van der Waals surface area contributed by atoms with Gasteiger partial charge in [0.1, 0.15) is 11.6 Å². The number of hydrogen-bond donors (Lipinski definition) is 1. The van der Waals surface area contributed by atoms with Gasteiger partial charge in [-0.25, -0.2) is 8.78 Å². The Hall–Kier alpha value is -2.22. The zero-order valence-electron chi connectivity index (χ0n) is 13.4. The minimum absolute atomic E-state index is 0.212. The third-order valence-corrected chi connectivity index (χ3v) is 4.10. The fourth-order valence-electron chi connectivity index (χ4n) is 2.76. The molecular formula is C17H16F5N3. The molecule has 0 aromatic heterocycles. The number of halogens is 5. The van der Waals surface area contributed by atoms with Gasteiger partial charge in [0.25, 0.3) is 0 Å². The predicted octanol–water partition coefficient (Wildman–Crippen LogP) is 4.02. The van der Waals surface area contributed by atoms with E-state index in [9.17, 15) is 22.0 Å². The highest BCUT2D eigenvalue weighted by Gasteiger charge is 2.45. The monoisotopic (exact) mass is 357 g/mol. The van der Waals surface area contributed by atoms with Crippen LogP contribution in [0.25, 0.3) is 6.08 Å². The predicted molar refractivity (Wildman–Crippen MR) is 86.4 cm³/mol. The Morgan fingerprint density at radius 3 is 2.36 bits per heavy atom. The summed E-state index contributed by atoms with van der Waals surface area (Å²) < 4.78 is 68.7. The average Bonchev–Trinajstić information content (AvgIpc) is 2.50. The van der Waals surface area contributed by atoms with Gasteiger partial charge < -0.3 is 10.2 Å². The Balaban J connectivity index is 2.04. The summed E-state index contributed by atoms with van der Waals surface area (Å²) in [6.45, 7) is 2.75. The third kappa shape index (κ3) is 3.44. The SMILES string of the molecule is CCC1=CC=NC(C(F)(F)F)N1c1cc(F)c(C=C2CNC2)c(F)c1. The standard InChI is InChI=1S/C17H16F5N3/c1-2-11-3-4-24-16(17(20,21)22)25(11)12-6-14(18)13(15(19)7-12)5-10-8-23-9-10/h3-7,16,23H,2,8-9H2,1H3. The van der Waals surface area contributed by atoms with Crippen LogP contribution in [0.5, 0.6) is 0 Å². The van der Waals surface area contributed by atoms with E-state index in [0.717, 1.165) is 28.8 Å². The van der Waals surface area contributed by atoms with Gasteiger partial charge >= 0.3 is 6.18 Å². The highest BCUT2D eigenvalue weighted by atomic mass is 19.4. The fraction of sp³-hybridized carbons (Fsp3) is 0.353. The van der Waals surface area contributed by atoms with E-state index in [-0.39, 0.29) is 23.4 Å². The Bertz CT molecular complexity index is 735. The van der Waals surface area contributed by atoms with Crippen molar-refractivity contribution in [3.63, 3.8) is 0 Å². The Kier molecular flexibility index (Phi) is 4.64. The maximum atomic E-state index is 14.4. The lowest BCUT2D eigenvalue weighted by Gasteiger charge is -2.35. The van der Waals surface area contributed by atoms with Crippen LogP contribution in [0.15, 0.2) is 34.5 Å². The molecule has 1 fully saturated rings. The van der Waals surface area contributed by atoms with E-state index < -0.39 is 24.0 Å². The second-order valence-electron chi connectivity index (χ2n) is 5.82. The van der Waals surface area contributed by atoms with Crippen molar-refractivity contribution in [1.82, 2.24) is 5.32 Å². The van der Waals surface area contributed by atoms with Crippen molar-refractivity contribution in [1.29, 1.82) is 0 Å². The number of nitrogens with one attached hydrogen (secondary N) is 1. The summed E-state index contributed by atoms with van der Waals surface area (Å²) in [5.74, 6) is -1.80. The molecule has 0 spiro atoms. The van der Waals surface area contributed by atoms with Crippen molar-refractivity contribution >= 4 is 18.0 Å². The number of hydrogen-bond acceptors (Lipinski definition) is 3. The third-order valence-electron chi connectivity index (χ3n) is 4.10.